The van der Waals surface area contributed by atoms with Crippen molar-refractivity contribution in [1.29, 1.82) is 0 Å². The van der Waals surface area contributed by atoms with Gasteiger partial charge in [-0.05, 0) is 0 Å². The maximum atomic E-state index is 5.35. The van der Waals surface area contributed by atoms with Crippen molar-refractivity contribution in [3.05, 3.63) is 11.9 Å². The van der Waals surface area contributed by atoms with Gasteiger partial charge in [0.1, 0.15) is 0 Å². The molecule has 0 spiro atoms. The van der Waals surface area contributed by atoms with Gasteiger partial charge in [-0.1, -0.05) is 0 Å². The molecule has 3 N–H and O–H groups in total. The maximum Gasteiger partial charge on any atom is 0.0428 e. The SMILES string of the molecule is CN1CCNC/C1=C/N. The Hall–Kier alpha value is -0.700. The van der Waals surface area contributed by atoms with E-state index in [2.05, 4.69) is 17.3 Å². The van der Waals surface area contributed by atoms with E-state index in [0.29, 0.717) is 0 Å². The van der Waals surface area contributed by atoms with E-state index < -0.39 is 0 Å². The normalized spacial score (nSPS) is 25.0. The van der Waals surface area contributed by atoms with Crippen LogP contribution in [-0.2, 0) is 0 Å². The summed E-state index contributed by atoms with van der Waals surface area (Å²) >= 11 is 0. The fourth-order valence-corrected chi connectivity index (χ4v) is 0.928. The molecule has 0 aromatic carbocycles. The molecule has 0 atom stereocenters. The number of likely N-dealkylation sites (N-methyl/N-ethyl adjacent to an activating group) is 1. The summed E-state index contributed by atoms with van der Waals surface area (Å²) in [6.45, 7) is 3.03. The van der Waals surface area contributed by atoms with Crippen LogP contribution in [0.25, 0.3) is 0 Å². The Morgan fingerprint density at radius 3 is 3.00 bits per heavy atom. The predicted molar refractivity (Wildman–Crippen MR) is 37.8 cm³/mol. The summed E-state index contributed by atoms with van der Waals surface area (Å²) < 4.78 is 0. The minimum Gasteiger partial charge on any atom is -0.403 e. The molecule has 1 saturated heterocycles. The highest BCUT2D eigenvalue weighted by molar-refractivity contribution is 5.02. The van der Waals surface area contributed by atoms with Gasteiger partial charge in [-0.25, -0.2) is 0 Å². The van der Waals surface area contributed by atoms with Crippen LogP contribution >= 0.6 is 0 Å². The van der Waals surface area contributed by atoms with Crippen molar-refractivity contribution in [3.8, 4) is 0 Å². The second-order valence-corrected chi connectivity index (χ2v) is 2.26. The molecule has 0 unspecified atom stereocenters. The van der Waals surface area contributed by atoms with Crippen molar-refractivity contribution >= 4 is 0 Å². The summed E-state index contributed by atoms with van der Waals surface area (Å²) in [6.07, 6.45) is 1.66. The highest BCUT2D eigenvalue weighted by atomic mass is 15.2. The van der Waals surface area contributed by atoms with Crippen LogP contribution in [0.4, 0.5) is 0 Å². The van der Waals surface area contributed by atoms with E-state index in [4.69, 9.17) is 5.73 Å². The minimum absolute atomic E-state index is 0.910. The molecule has 52 valence electrons. The Labute approximate surface area is 55.5 Å². The summed E-state index contributed by atoms with van der Waals surface area (Å²) in [6, 6.07) is 0. The van der Waals surface area contributed by atoms with Crippen molar-refractivity contribution in [2.24, 2.45) is 5.73 Å². The molecule has 0 bridgehead atoms. The van der Waals surface area contributed by atoms with Crippen LogP contribution in [0.5, 0.6) is 0 Å². The van der Waals surface area contributed by atoms with Gasteiger partial charge in [0, 0.05) is 38.6 Å². The Bertz CT molecular complexity index is 119. The number of hydrogen-bond acceptors (Lipinski definition) is 3. The van der Waals surface area contributed by atoms with Crippen molar-refractivity contribution in [2.75, 3.05) is 26.7 Å². The molecule has 0 radical (unpaired) electrons. The summed E-state index contributed by atoms with van der Waals surface area (Å²) in [7, 11) is 2.06. The van der Waals surface area contributed by atoms with E-state index in [1.807, 2.05) is 0 Å². The molecule has 0 aliphatic carbocycles. The lowest BCUT2D eigenvalue weighted by Gasteiger charge is -2.27. The average Bonchev–Trinajstić information content (AvgIpc) is 1.89. The standard InChI is InChI=1S/C6H13N3/c1-9-3-2-8-5-6(9)4-7/h4,8H,2-3,5,7H2,1H3/b6-4-. The first-order valence-corrected chi connectivity index (χ1v) is 3.17. The smallest absolute Gasteiger partial charge is 0.0428 e. The third kappa shape index (κ3) is 1.36. The molecule has 1 fully saturated rings. The molecule has 1 aliphatic rings. The van der Waals surface area contributed by atoms with Crippen LogP contribution in [0, 0.1) is 0 Å². The summed E-state index contributed by atoms with van der Waals surface area (Å²) in [5, 5.41) is 3.23. The van der Waals surface area contributed by atoms with E-state index in [9.17, 15) is 0 Å². The molecular formula is C6H13N3. The minimum atomic E-state index is 0.910. The lowest BCUT2D eigenvalue weighted by molar-refractivity contribution is 0.357. The molecule has 0 aromatic rings. The molecule has 1 aliphatic heterocycles. The van der Waals surface area contributed by atoms with E-state index in [1.165, 1.54) is 5.70 Å². The Morgan fingerprint density at radius 1 is 1.78 bits per heavy atom. The lowest BCUT2D eigenvalue weighted by Crippen LogP contribution is -2.39. The fourth-order valence-electron chi connectivity index (χ4n) is 0.928. The predicted octanol–water partition coefficient (Wildman–Crippen LogP) is -0.678. The molecule has 0 amide bonds. The second kappa shape index (κ2) is 2.73. The van der Waals surface area contributed by atoms with Gasteiger partial charge < -0.3 is 16.0 Å². The number of rotatable bonds is 0. The van der Waals surface area contributed by atoms with Gasteiger partial charge in [0.15, 0.2) is 0 Å². The van der Waals surface area contributed by atoms with Gasteiger partial charge in [0.05, 0.1) is 0 Å². The van der Waals surface area contributed by atoms with Crippen molar-refractivity contribution < 1.29 is 0 Å². The molecule has 3 nitrogen and oxygen atoms in total. The van der Waals surface area contributed by atoms with E-state index in [0.717, 1.165) is 19.6 Å². The third-order valence-electron chi connectivity index (χ3n) is 1.61. The van der Waals surface area contributed by atoms with Crippen molar-refractivity contribution in [2.45, 2.75) is 0 Å². The van der Waals surface area contributed by atoms with Crippen LogP contribution < -0.4 is 11.1 Å². The van der Waals surface area contributed by atoms with Crippen LogP contribution in [0.3, 0.4) is 0 Å². The van der Waals surface area contributed by atoms with Gasteiger partial charge in [0.2, 0.25) is 0 Å². The monoisotopic (exact) mass is 127 g/mol. The molecule has 9 heavy (non-hydrogen) atoms. The van der Waals surface area contributed by atoms with Crippen LogP contribution in [-0.4, -0.2) is 31.6 Å². The third-order valence-corrected chi connectivity index (χ3v) is 1.61. The lowest BCUT2D eigenvalue weighted by atomic mass is 10.3. The molecule has 0 aromatic heterocycles. The van der Waals surface area contributed by atoms with Crippen LogP contribution in [0.2, 0.25) is 0 Å². The summed E-state index contributed by atoms with van der Waals surface area (Å²) in [4.78, 5) is 2.16. The summed E-state index contributed by atoms with van der Waals surface area (Å²) in [5.74, 6) is 0. The zero-order valence-corrected chi connectivity index (χ0v) is 5.72. The zero-order valence-electron chi connectivity index (χ0n) is 5.72. The van der Waals surface area contributed by atoms with Crippen molar-refractivity contribution in [1.82, 2.24) is 10.2 Å². The van der Waals surface area contributed by atoms with Gasteiger partial charge >= 0.3 is 0 Å². The molecule has 3 heteroatoms. The number of nitrogens with zero attached hydrogens (tertiary/aromatic N) is 1. The molecular weight excluding hydrogens is 114 g/mol. The molecule has 0 saturated carbocycles. The molecule has 1 heterocycles. The first kappa shape index (κ1) is 6.42. The first-order chi connectivity index (χ1) is 4.34. The van der Waals surface area contributed by atoms with Crippen molar-refractivity contribution in [3.63, 3.8) is 0 Å². The maximum absolute atomic E-state index is 5.35. The highest BCUT2D eigenvalue weighted by Crippen LogP contribution is 2.00. The number of piperazine rings is 1. The Morgan fingerprint density at radius 2 is 2.56 bits per heavy atom. The van der Waals surface area contributed by atoms with E-state index >= 15 is 0 Å². The largest absolute Gasteiger partial charge is 0.403 e. The Kier molecular flexibility index (Phi) is 1.95. The van der Waals surface area contributed by atoms with Gasteiger partial charge in [0.25, 0.3) is 0 Å². The van der Waals surface area contributed by atoms with Gasteiger partial charge in [-0.2, -0.15) is 0 Å². The fraction of sp³-hybridized carbons (Fsp3) is 0.667. The van der Waals surface area contributed by atoms with Gasteiger partial charge in [-0.15, -0.1) is 0 Å². The number of nitrogens with one attached hydrogen (secondary N) is 1. The topological polar surface area (TPSA) is 41.3 Å². The zero-order chi connectivity index (χ0) is 6.69. The second-order valence-electron chi connectivity index (χ2n) is 2.26. The first-order valence-electron chi connectivity index (χ1n) is 3.17. The highest BCUT2D eigenvalue weighted by Gasteiger charge is 2.07. The van der Waals surface area contributed by atoms with Gasteiger partial charge in [-0.3, -0.25) is 0 Å². The van der Waals surface area contributed by atoms with E-state index in [1.54, 1.807) is 6.20 Å². The summed E-state index contributed by atoms with van der Waals surface area (Å²) in [5.41, 5.74) is 6.53. The van der Waals surface area contributed by atoms with Crippen LogP contribution in [0.1, 0.15) is 0 Å². The Balaban J connectivity index is 2.49. The van der Waals surface area contributed by atoms with E-state index in [-0.39, 0.29) is 0 Å². The molecule has 1 rings (SSSR count). The number of hydrogen-bond donors (Lipinski definition) is 2. The average molecular weight is 127 g/mol. The quantitative estimate of drug-likeness (QED) is 0.453. The number of nitrogens with two attached hydrogens (primary N) is 1. The van der Waals surface area contributed by atoms with Crippen LogP contribution in [0.15, 0.2) is 11.9 Å².